The summed E-state index contributed by atoms with van der Waals surface area (Å²) >= 11 is 1.54. The Morgan fingerprint density at radius 1 is 1.33 bits per heavy atom. The molecule has 92 valence electrons. The first kappa shape index (κ1) is 12.6. The van der Waals surface area contributed by atoms with Gasteiger partial charge in [0.15, 0.2) is 5.16 Å². The van der Waals surface area contributed by atoms with E-state index in [1.807, 2.05) is 12.1 Å². The van der Waals surface area contributed by atoms with Crippen molar-refractivity contribution in [1.29, 1.82) is 5.41 Å². The molecular formula is C13H14N4S. The first-order valence-electron chi connectivity index (χ1n) is 5.51. The number of nitrogens with zero attached hydrogens (tertiary/aromatic N) is 2. The highest BCUT2D eigenvalue weighted by molar-refractivity contribution is 7.98. The molecule has 0 aliphatic heterocycles. The van der Waals surface area contributed by atoms with Gasteiger partial charge in [0.25, 0.3) is 0 Å². The Bertz CT molecular complexity index is 568. The largest absolute Gasteiger partial charge is 0.382 e. The van der Waals surface area contributed by atoms with E-state index in [0.29, 0.717) is 10.9 Å². The fraction of sp³-hybridized carbons (Fsp3) is 0.154. The molecule has 1 heterocycles. The topological polar surface area (TPSA) is 75.7 Å². The molecule has 5 heteroatoms. The average molecular weight is 258 g/mol. The van der Waals surface area contributed by atoms with Gasteiger partial charge in [0, 0.05) is 11.9 Å². The predicted molar refractivity (Wildman–Crippen MR) is 73.8 cm³/mol. The van der Waals surface area contributed by atoms with Gasteiger partial charge in [-0.3, -0.25) is 5.41 Å². The van der Waals surface area contributed by atoms with Crippen LogP contribution in [0.4, 0.5) is 0 Å². The Hall–Kier alpha value is -1.88. The minimum atomic E-state index is -0.0323. The second-order valence-electron chi connectivity index (χ2n) is 3.85. The van der Waals surface area contributed by atoms with Crippen LogP contribution in [-0.4, -0.2) is 15.8 Å². The normalized spacial score (nSPS) is 10.3. The molecule has 0 spiro atoms. The van der Waals surface area contributed by atoms with E-state index < -0.39 is 0 Å². The van der Waals surface area contributed by atoms with E-state index in [2.05, 4.69) is 29.0 Å². The Balaban J connectivity index is 2.09. The fourth-order valence-electron chi connectivity index (χ4n) is 1.47. The molecule has 0 unspecified atom stereocenters. The maximum Gasteiger partial charge on any atom is 0.188 e. The molecular weight excluding hydrogens is 244 g/mol. The Labute approximate surface area is 110 Å². The standard InChI is InChI=1S/C13H14N4S/c1-9-4-2-3-5-10(9)8-18-13-16-7-6-11(17-13)12(14)15/h2-7H,8H2,1H3,(H3,14,15). The number of hydrogen-bond acceptors (Lipinski definition) is 4. The first-order valence-corrected chi connectivity index (χ1v) is 6.50. The van der Waals surface area contributed by atoms with Gasteiger partial charge in [-0.05, 0) is 24.1 Å². The molecule has 0 fully saturated rings. The first-order chi connectivity index (χ1) is 8.66. The Kier molecular flexibility index (Phi) is 3.94. The van der Waals surface area contributed by atoms with Gasteiger partial charge in [0.1, 0.15) is 11.5 Å². The monoisotopic (exact) mass is 258 g/mol. The van der Waals surface area contributed by atoms with E-state index in [9.17, 15) is 0 Å². The van der Waals surface area contributed by atoms with Crippen molar-refractivity contribution in [1.82, 2.24) is 9.97 Å². The molecule has 0 amide bonds. The quantitative estimate of drug-likeness (QED) is 0.382. The van der Waals surface area contributed by atoms with E-state index in [4.69, 9.17) is 11.1 Å². The zero-order valence-electron chi connectivity index (χ0n) is 10.1. The molecule has 0 aliphatic rings. The fourth-order valence-corrected chi connectivity index (χ4v) is 2.38. The van der Waals surface area contributed by atoms with Crippen molar-refractivity contribution in [2.24, 2.45) is 5.73 Å². The van der Waals surface area contributed by atoms with Gasteiger partial charge < -0.3 is 5.73 Å². The summed E-state index contributed by atoms with van der Waals surface area (Å²) in [4.78, 5) is 8.39. The molecule has 0 aliphatic carbocycles. The smallest absolute Gasteiger partial charge is 0.188 e. The SMILES string of the molecule is Cc1ccccc1CSc1nccc(C(=N)N)n1. The number of hydrogen-bond donors (Lipinski definition) is 2. The predicted octanol–water partition coefficient (Wildman–Crippen LogP) is 2.36. The van der Waals surface area contributed by atoms with Crippen LogP contribution in [0.1, 0.15) is 16.8 Å². The van der Waals surface area contributed by atoms with Gasteiger partial charge in [0.05, 0.1) is 0 Å². The molecule has 4 nitrogen and oxygen atoms in total. The number of amidine groups is 1. The van der Waals surface area contributed by atoms with Crippen LogP contribution in [-0.2, 0) is 5.75 Å². The van der Waals surface area contributed by atoms with E-state index in [1.165, 1.54) is 11.1 Å². The highest BCUT2D eigenvalue weighted by Crippen LogP contribution is 2.20. The van der Waals surface area contributed by atoms with Crippen LogP contribution < -0.4 is 5.73 Å². The van der Waals surface area contributed by atoms with Gasteiger partial charge in [-0.15, -0.1) is 0 Å². The lowest BCUT2D eigenvalue weighted by molar-refractivity contribution is 0.953. The van der Waals surface area contributed by atoms with Gasteiger partial charge in [-0.25, -0.2) is 9.97 Å². The zero-order valence-corrected chi connectivity index (χ0v) is 10.9. The maximum atomic E-state index is 7.34. The van der Waals surface area contributed by atoms with E-state index >= 15 is 0 Å². The molecule has 0 saturated heterocycles. The minimum Gasteiger partial charge on any atom is -0.382 e. The molecule has 2 rings (SSSR count). The van der Waals surface area contributed by atoms with Crippen molar-refractivity contribution in [2.45, 2.75) is 17.8 Å². The lowest BCUT2D eigenvalue weighted by atomic mass is 10.1. The van der Waals surface area contributed by atoms with Crippen molar-refractivity contribution in [3.05, 3.63) is 53.3 Å². The van der Waals surface area contributed by atoms with Crippen LogP contribution in [0.25, 0.3) is 0 Å². The van der Waals surface area contributed by atoms with Crippen LogP contribution in [0.15, 0.2) is 41.7 Å². The van der Waals surface area contributed by atoms with E-state index in [1.54, 1.807) is 24.0 Å². The Morgan fingerprint density at radius 2 is 2.11 bits per heavy atom. The summed E-state index contributed by atoms with van der Waals surface area (Å²) in [6, 6.07) is 9.87. The zero-order chi connectivity index (χ0) is 13.0. The molecule has 1 aromatic carbocycles. The third kappa shape index (κ3) is 3.07. The summed E-state index contributed by atoms with van der Waals surface area (Å²) < 4.78 is 0. The summed E-state index contributed by atoms with van der Waals surface area (Å²) in [7, 11) is 0. The van der Waals surface area contributed by atoms with Gasteiger partial charge in [-0.1, -0.05) is 36.0 Å². The number of rotatable bonds is 4. The summed E-state index contributed by atoms with van der Waals surface area (Å²) in [6.45, 7) is 2.09. The van der Waals surface area contributed by atoms with Crippen molar-refractivity contribution in [2.75, 3.05) is 0 Å². The minimum absolute atomic E-state index is 0.0323. The molecule has 0 radical (unpaired) electrons. The van der Waals surface area contributed by atoms with Gasteiger partial charge in [-0.2, -0.15) is 0 Å². The van der Waals surface area contributed by atoms with Crippen molar-refractivity contribution < 1.29 is 0 Å². The molecule has 1 aromatic heterocycles. The number of nitrogens with one attached hydrogen (secondary N) is 1. The molecule has 18 heavy (non-hydrogen) atoms. The molecule has 0 saturated carbocycles. The van der Waals surface area contributed by atoms with E-state index in [0.717, 1.165) is 5.75 Å². The van der Waals surface area contributed by atoms with Crippen molar-refractivity contribution in [3.63, 3.8) is 0 Å². The lowest BCUT2D eigenvalue weighted by Gasteiger charge is -2.05. The van der Waals surface area contributed by atoms with Crippen LogP contribution in [0.5, 0.6) is 0 Å². The second kappa shape index (κ2) is 5.64. The number of nitrogen functional groups attached to an aromatic ring is 1. The number of nitrogens with two attached hydrogens (primary N) is 1. The number of aryl methyl sites for hydroxylation is 1. The highest BCUT2D eigenvalue weighted by Gasteiger charge is 2.04. The molecule has 0 bridgehead atoms. The maximum absolute atomic E-state index is 7.34. The van der Waals surface area contributed by atoms with Crippen LogP contribution in [0.2, 0.25) is 0 Å². The summed E-state index contributed by atoms with van der Waals surface area (Å²) in [5, 5.41) is 7.99. The number of benzene rings is 1. The van der Waals surface area contributed by atoms with Crippen LogP contribution in [0.3, 0.4) is 0 Å². The number of thioether (sulfide) groups is 1. The number of aromatic nitrogens is 2. The summed E-state index contributed by atoms with van der Waals surface area (Å²) in [5.74, 6) is 0.781. The third-order valence-electron chi connectivity index (χ3n) is 2.53. The molecule has 3 N–H and O–H groups in total. The van der Waals surface area contributed by atoms with Crippen molar-refractivity contribution >= 4 is 17.6 Å². The molecule has 2 aromatic rings. The summed E-state index contributed by atoms with van der Waals surface area (Å²) in [5.41, 5.74) is 8.39. The lowest BCUT2D eigenvalue weighted by Crippen LogP contribution is -2.13. The third-order valence-corrected chi connectivity index (χ3v) is 3.44. The average Bonchev–Trinajstić information content (AvgIpc) is 2.38. The van der Waals surface area contributed by atoms with Crippen LogP contribution >= 0.6 is 11.8 Å². The Morgan fingerprint density at radius 3 is 2.83 bits per heavy atom. The second-order valence-corrected chi connectivity index (χ2v) is 4.80. The molecule has 0 atom stereocenters. The van der Waals surface area contributed by atoms with Gasteiger partial charge >= 0.3 is 0 Å². The van der Waals surface area contributed by atoms with Crippen molar-refractivity contribution in [3.8, 4) is 0 Å². The van der Waals surface area contributed by atoms with E-state index in [-0.39, 0.29) is 5.84 Å². The highest BCUT2D eigenvalue weighted by atomic mass is 32.2. The van der Waals surface area contributed by atoms with Gasteiger partial charge in [0.2, 0.25) is 0 Å². The van der Waals surface area contributed by atoms with Crippen LogP contribution in [0, 0.1) is 12.3 Å². The summed E-state index contributed by atoms with van der Waals surface area (Å²) in [6.07, 6.45) is 1.63.